The van der Waals surface area contributed by atoms with Crippen molar-refractivity contribution in [3.8, 4) is 0 Å². The Morgan fingerprint density at radius 1 is 1.28 bits per heavy atom. The average molecular weight is 379 g/mol. The lowest BCUT2D eigenvalue weighted by molar-refractivity contribution is 0.102. The number of anilines is 1. The van der Waals surface area contributed by atoms with Gasteiger partial charge in [-0.15, -0.1) is 11.3 Å². The summed E-state index contributed by atoms with van der Waals surface area (Å²) in [5, 5.41) is 2.95. The summed E-state index contributed by atoms with van der Waals surface area (Å²) in [6.07, 6.45) is 3.12. The third-order valence-corrected chi connectivity index (χ3v) is 7.68. The van der Waals surface area contributed by atoms with Gasteiger partial charge in [-0.1, -0.05) is 6.92 Å². The van der Waals surface area contributed by atoms with E-state index in [1.54, 1.807) is 26.0 Å². The number of carbonyl (C=O) groups excluding carboxylic acids is 1. The highest BCUT2D eigenvalue weighted by Gasteiger charge is 2.22. The molecule has 0 radical (unpaired) electrons. The number of benzene rings is 1. The summed E-state index contributed by atoms with van der Waals surface area (Å²) >= 11 is 1.53. The van der Waals surface area contributed by atoms with E-state index in [0.29, 0.717) is 16.6 Å². The Morgan fingerprint density at radius 3 is 2.60 bits per heavy atom. The Bertz CT molecular complexity index is 884. The van der Waals surface area contributed by atoms with E-state index in [2.05, 4.69) is 17.2 Å². The fourth-order valence-electron chi connectivity index (χ4n) is 2.83. The lowest BCUT2D eigenvalue weighted by Crippen LogP contribution is -2.15. The lowest BCUT2D eigenvalue weighted by Gasteiger charge is -2.15. The van der Waals surface area contributed by atoms with Crippen LogP contribution in [0.25, 0.3) is 0 Å². The van der Waals surface area contributed by atoms with Gasteiger partial charge in [0.15, 0.2) is 15.0 Å². The zero-order valence-electron chi connectivity index (χ0n) is 14.6. The number of hydrogen-bond donors (Lipinski definition) is 1. The fraction of sp³-hybridized carbons (Fsp3) is 0.444. The molecular formula is C18H22N2O3S2. The molecule has 1 N–H and O–H groups in total. The molecular weight excluding hydrogens is 356 g/mol. The molecule has 1 aliphatic rings. The van der Waals surface area contributed by atoms with Crippen molar-refractivity contribution >= 4 is 32.2 Å². The Balaban J connectivity index is 1.74. The third kappa shape index (κ3) is 3.77. The maximum Gasteiger partial charge on any atom is 0.257 e. The van der Waals surface area contributed by atoms with Gasteiger partial charge in [0, 0.05) is 10.4 Å². The third-order valence-electron chi connectivity index (χ3n) is 4.47. The molecule has 1 atom stereocenters. The Kier molecular flexibility index (Phi) is 4.97. The van der Waals surface area contributed by atoms with Crippen LogP contribution >= 0.6 is 11.3 Å². The quantitative estimate of drug-likeness (QED) is 0.880. The van der Waals surface area contributed by atoms with Crippen molar-refractivity contribution in [3.05, 3.63) is 40.4 Å². The maximum absolute atomic E-state index is 12.4. The summed E-state index contributed by atoms with van der Waals surface area (Å²) in [6, 6.07) is 6.05. The van der Waals surface area contributed by atoms with Gasteiger partial charge in [-0.25, -0.2) is 13.4 Å². The van der Waals surface area contributed by atoms with Crippen LogP contribution in [0.5, 0.6) is 0 Å². The lowest BCUT2D eigenvalue weighted by atomic mass is 9.93. The molecule has 0 spiro atoms. The highest BCUT2D eigenvalue weighted by atomic mass is 32.2. The van der Waals surface area contributed by atoms with Crippen molar-refractivity contribution in [3.63, 3.8) is 0 Å². The second-order valence-electron chi connectivity index (χ2n) is 6.81. The summed E-state index contributed by atoms with van der Waals surface area (Å²) in [6.45, 7) is 5.51. The Hall–Kier alpha value is -1.73. The number of aryl methyl sites for hydroxylation is 1. The van der Waals surface area contributed by atoms with Crippen molar-refractivity contribution in [2.24, 2.45) is 5.92 Å². The first-order valence-electron chi connectivity index (χ1n) is 8.41. The van der Waals surface area contributed by atoms with Gasteiger partial charge in [-0.3, -0.25) is 10.1 Å². The van der Waals surface area contributed by atoms with Crippen molar-refractivity contribution < 1.29 is 13.2 Å². The molecule has 0 saturated carbocycles. The van der Waals surface area contributed by atoms with E-state index in [1.807, 2.05) is 0 Å². The number of sulfone groups is 1. The van der Waals surface area contributed by atoms with Crippen LogP contribution in [0.4, 0.5) is 5.13 Å². The minimum atomic E-state index is -3.33. The number of amides is 1. The van der Waals surface area contributed by atoms with Crippen LogP contribution < -0.4 is 5.32 Å². The van der Waals surface area contributed by atoms with Gasteiger partial charge in [-0.2, -0.15) is 0 Å². The SMILES string of the molecule is CC(C)S(=O)(=O)c1ccc(C(=O)Nc2nc3c(s2)C[C@@H](C)CC3)cc1. The molecule has 1 aromatic heterocycles. The van der Waals surface area contributed by atoms with E-state index in [0.717, 1.165) is 25.0 Å². The van der Waals surface area contributed by atoms with Crippen molar-refractivity contribution in [2.45, 2.75) is 50.2 Å². The molecule has 7 heteroatoms. The highest BCUT2D eigenvalue weighted by Crippen LogP contribution is 2.32. The van der Waals surface area contributed by atoms with Gasteiger partial charge in [0.05, 0.1) is 15.8 Å². The van der Waals surface area contributed by atoms with Gasteiger partial charge >= 0.3 is 0 Å². The summed E-state index contributed by atoms with van der Waals surface area (Å²) in [5.74, 6) is 0.389. The summed E-state index contributed by atoms with van der Waals surface area (Å²) in [5.41, 5.74) is 1.51. The predicted molar refractivity (Wildman–Crippen MR) is 100 cm³/mol. The van der Waals surface area contributed by atoms with Crippen molar-refractivity contribution in [2.75, 3.05) is 5.32 Å². The van der Waals surface area contributed by atoms with E-state index in [1.165, 1.54) is 28.3 Å². The first-order chi connectivity index (χ1) is 11.8. The number of thiazole rings is 1. The van der Waals surface area contributed by atoms with Crippen LogP contribution in [0.3, 0.4) is 0 Å². The van der Waals surface area contributed by atoms with Crippen LogP contribution in [0.15, 0.2) is 29.2 Å². The second-order valence-corrected chi connectivity index (χ2v) is 10.4. The Labute approximate surface area is 152 Å². The summed E-state index contributed by atoms with van der Waals surface area (Å²) in [4.78, 5) is 18.4. The van der Waals surface area contributed by atoms with Gasteiger partial charge in [0.25, 0.3) is 5.91 Å². The first kappa shape index (κ1) is 18.1. The minimum absolute atomic E-state index is 0.234. The molecule has 1 amide bonds. The number of hydrogen-bond acceptors (Lipinski definition) is 5. The van der Waals surface area contributed by atoms with Gasteiger partial charge < -0.3 is 0 Å². The van der Waals surface area contributed by atoms with Crippen LogP contribution in [-0.4, -0.2) is 24.6 Å². The largest absolute Gasteiger partial charge is 0.298 e. The monoisotopic (exact) mass is 378 g/mol. The summed E-state index contributed by atoms with van der Waals surface area (Å²) in [7, 11) is -3.33. The van der Waals surface area contributed by atoms with Crippen molar-refractivity contribution in [1.82, 2.24) is 4.98 Å². The highest BCUT2D eigenvalue weighted by molar-refractivity contribution is 7.92. The predicted octanol–water partition coefficient (Wildman–Crippen LogP) is 3.70. The minimum Gasteiger partial charge on any atom is -0.298 e. The second kappa shape index (κ2) is 6.88. The molecule has 134 valence electrons. The molecule has 0 unspecified atom stereocenters. The molecule has 3 rings (SSSR count). The van der Waals surface area contributed by atoms with Crippen molar-refractivity contribution in [1.29, 1.82) is 0 Å². The molecule has 0 aliphatic heterocycles. The maximum atomic E-state index is 12.4. The van der Waals surface area contributed by atoms with E-state index in [-0.39, 0.29) is 10.8 Å². The molecule has 1 heterocycles. The zero-order chi connectivity index (χ0) is 18.2. The first-order valence-corrected chi connectivity index (χ1v) is 10.8. The van der Waals surface area contributed by atoms with Gasteiger partial charge in [-0.05, 0) is 63.3 Å². The van der Waals surface area contributed by atoms with E-state index in [9.17, 15) is 13.2 Å². The van der Waals surface area contributed by atoms with Crippen LogP contribution in [-0.2, 0) is 22.7 Å². The molecule has 0 bridgehead atoms. The number of carbonyl (C=O) groups is 1. The number of aromatic nitrogens is 1. The number of nitrogens with one attached hydrogen (secondary N) is 1. The number of nitrogens with zero attached hydrogens (tertiary/aromatic N) is 1. The molecule has 25 heavy (non-hydrogen) atoms. The normalized spacial score (nSPS) is 17.4. The van der Waals surface area contributed by atoms with E-state index in [4.69, 9.17) is 0 Å². The smallest absolute Gasteiger partial charge is 0.257 e. The molecule has 0 fully saturated rings. The van der Waals surface area contributed by atoms with Crippen LogP contribution in [0.1, 0.15) is 48.1 Å². The van der Waals surface area contributed by atoms with Crippen LogP contribution in [0.2, 0.25) is 0 Å². The molecule has 5 nitrogen and oxygen atoms in total. The van der Waals surface area contributed by atoms with E-state index < -0.39 is 15.1 Å². The van der Waals surface area contributed by atoms with Gasteiger partial charge in [0.2, 0.25) is 0 Å². The van der Waals surface area contributed by atoms with E-state index >= 15 is 0 Å². The fourth-order valence-corrected chi connectivity index (χ4v) is 5.06. The molecule has 2 aromatic rings. The van der Waals surface area contributed by atoms with Crippen LogP contribution in [0, 0.1) is 5.92 Å². The molecule has 1 aliphatic carbocycles. The topological polar surface area (TPSA) is 76.1 Å². The summed E-state index contributed by atoms with van der Waals surface area (Å²) < 4.78 is 24.3. The average Bonchev–Trinajstić information content (AvgIpc) is 2.96. The van der Waals surface area contributed by atoms with Gasteiger partial charge in [0.1, 0.15) is 0 Å². The zero-order valence-corrected chi connectivity index (χ0v) is 16.2. The molecule has 0 saturated heterocycles. The molecule has 1 aromatic carbocycles. The standard InChI is InChI=1S/C18H22N2O3S2/c1-11(2)25(22,23)14-7-5-13(6-8-14)17(21)20-18-19-15-9-4-12(3)10-16(15)24-18/h5-8,11-12H,4,9-10H2,1-3H3,(H,19,20,21)/t12-/m0/s1. The number of fused-ring (bicyclic) bond motifs is 1. The number of rotatable bonds is 4. The Morgan fingerprint density at radius 2 is 1.96 bits per heavy atom.